The number of rotatable bonds is 4. The molecular weight excluding hydrogens is 410 g/mol. The Morgan fingerprint density at radius 3 is 2.76 bits per heavy atom. The summed E-state index contributed by atoms with van der Waals surface area (Å²) in [5.41, 5.74) is 13.1. The van der Waals surface area contributed by atoms with Crippen LogP contribution in [0.4, 0.5) is 11.5 Å². The Hall–Kier alpha value is -3.45. The lowest BCUT2D eigenvalue weighted by Crippen LogP contribution is -2.32. The third-order valence-corrected chi connectivity index (χ3v) is 7.04. The number of anilines is 2. The van der Waals surface area contributed by atoms with Crippen LogP contribution < -0.4 is 16.0 Å². The van der Waals surface area contributed by atoms with Gasteiger partial charge in [-0.05, 0) is 36.6 Å². The molecule has 0 bridgehead atoms. The van der Waals surface area contributed by atoms with E-state index in [-0.39, 0.29) is 6.04 Å². The average Bonchev–Trinajstić information content (AvgIpc) is 3.40. The second kappa shape index (κ2) is 8.15. The molecule has 2 aromatic heterocycles. The Balaban J connectivity index is 1.32. The molecule has 2 aliphatic heterocycles. The number of aromatic nitrogens is 4. The lowest BCUT2D eigenvalue weighted by molar-refractivity contribution is 0.354. The predicted octanol–water partition coefficient (Wildman–Crippen LogP) is 4.12. The molecule has 1 saturated heterocycles. The molecule has 2 atom stereocenters. The second-order valence-corrected chi connectivity index (χ2v) is 9.29. The van der Waals surface area contributed by atoms with Gasteiger partial charge in [-0.2, -0.15) is 5.10 Å². The van der Waals surface area contributed by atoms with Crippen LogP contribution in [0.15, 0.2) is 54.9 Å². The summed E-state index contributed by atoms with van der Waals surface area (Å²) < 4.78 is 2.05. The highest BCUT2D eigenvalue weighted by Gasteiger charge is 2.26. The summed E-state index contributed by atoms with van der Waals surface area (Å²) in [6, 6.07) is 17.7. The molecule has 0 spiro atoms. The topological polar surface area (TPSA) is 84.9 Å². The highest BCUT2D eigenvalue weighted by atomic mass is 15.3. The molecule has 2 aromatic carbocycles. The lowest BCUT2D eigenvalue weighted by atomic mass is 10.0. The van der Waals surface area contributed by atoms with Gasteiger partial charge in [-0.25, -0.2) is 14.6 Å². The third-order valence-electron chi connectivity index (χ3n) is 7.04. The summed E-state index contributed by atoms with van der Waals surface area (Å²) in [7, 11) is 0. The zero-order valence-corrected chi connectivity index (χ0v) is 18.9. The van der Waals surface area contributed by atoms with E-state index in [1.54, 1.807) is 0 Å². The van der Waals surface area contributed by atoms with Crippen LogP contribution in [-0.4, -0.2) is 39.4 Å². The van der Waals surface area contributed by atoms with E-state index in [4.69, 9.17) is 10.8 Å². The van der Waals surface area contributed by atoms with Crippen molar-refractivity contribution in [2.75, 3.05) is 30.3 Å². The zero-order chi connectivity index (χ0) is 22.4. The van der Waals surface area contributed by atoms with Crippen molar-refractivity contribution in [3.05, 3.63) is 66.0 Å². The van der Waals surface area contributed by atoms with E-state index in [0.717, 1.165) is 61.3 Å². The van der Waals surface area contributed by atoms with Crippen molar-refractivity contribution in [3.8, 4) is 11.3 Å². The van der Waals surface area contributed by atoms with Crippen LogP contribution in [-0.2, 0) is 6.54 Å². The SMILES string of the molecule is CC1CN(Cc2ccc(-c3nn([C@@H]4CCCNC4)c4ncnc(N)c34)cc2)c2ccccc21. The van der Waals surface area contributed by atoms with Gasteiger partial charge in [-0.1, -0.05) is 49.4 Å². The molecule has 0 aliphatic carbocycles. The molecule has 7 nitrogen and oxygen atoms in total. The number of hydrogen-bond donors (Lipinski definition) is 2. The number of nitrogen functional groups attached to an aromatic ring is 1. The Labute approximate surface area is 193 Å². The van der Waals surface area contributed by atoms with Crippen LogP contribution >= 0.6 is 0 Å². The van der Waals surface area contributed by atoms with E-state index in [1.807, 2.05) is 4.68 Å². The van der Waals surface area contributed by atoms with Gasteiger partial charge in [0.05, 0.1) is 11.4 Å². The van der Waals surface area contributed by atoms with Crippen LogP contribution in [0, 0.1) is 0 Å². The molecule has 4 aromatic rings. The largest absolute Gasteiger partial charge is 0.383 e. The third kappa shape index (κ3) is 3.53. The fourth-order valence-electron chi connectivity index (χ4n) is 5.35. The first-order valence-electron chi connectivity index (χ1n) is 11.8. The van der Waals surface area contributed by atoms with E-state index in [2.05, 4.69) is 75.6 Å². The van der Waals surface area contributed by atoms with Crippen LogP contribution in [0.3, 0.4) is 0 Å². The fraction of sp³-hybridized carbons (Fsp3) is 0.346. The molecule has 168 valence electrons. The summed E-state index contributed by atoms with van der Waals surface area (Å²) in [6.07, 6.45) is 3.75. The van der Waals surface area contributed by atoms with Crippen molar-refractivity contribution in [1.29, 1.82) is 0 Å². The number of nitrogens with zero attached hydrogens (tertiary/aromatic N) is 5. The second-order valence-electron chi connectivity index (χ2n) is 9.29. The van der Waals surface area contributed by atoms with Gasteiger partial charge in [-0.3, -0.25) is 0 Å². The first-order valence-corrected chi connectivity index (χ1v) is 11.8. The van der Waals surface area contributed by atoms with Crippen molar-refractivity contribution in [2.45, 2.75) is 38.3 Å². The fourth-order valence-corrected chi connectivity index (χ4v) is 5.35. The Morgan fingerprint density at radius 2 is 1.94 bits per heavy atom. The number of nitrogens with two attached hydrogens (primary N) is 1. The van der Waals surface area contributed by atoms with Crippen molar-refractivity contribution in [2.24, 2.45) is 0 Å². The van der Waals surface area contributed by atoms with Gasteiger partial charge >= 0.3 is 0 Å². The molecule has 4 heterocycles. The molecule has 1 unspecified atom stereocenters. The van der Waals surface area contributed by atoms with E-state index < -0.39 is 0 Å². The van der Waals surface area contributed by atoms with E-state index in [9.17, 15) is 0 Å². The van der Waals surface area contributed by atoms with Crippen molar-refractivity contribution < 1.29 is 0 Å². The first-order chi connectivity index (χ1) is 16.2. The molecule has 0 radical (unpaired) electrons. The van der Waals surface area contributed by atoms with E-state index >= 15 is 0 Å². The molecule has 0 amide bonds. The number of benzene rings is 2. The van der Waals surface area contributed by atoms with Gasteiger partial charge in [0.25, 0.3) is 0 Å². The highest BCUT2D eigenvalue weighted by molar-refractivity contribution is 5.98. The van der Waals surface area contributed by atoms with E-state index in [0.29, 0.717) is 11.7 Å². The summed E-state index contributed by atoms with van der Waals surface area (Å²) in [5.74, 6) is 1.05. The maximum absolute atomic E-state index is 6.31. The minimum absolute atomic E-state index is 0.279. The summed E-state index contributed by atoms with van der Waals surface area (Å²) in [4.78, 5) is 11.3. The number of hydrogen-bond acceptors (Lipinski definition) is 6. The van der Waals surface area contributed by atoms with Crippen LogP contribution in [0.5, 0.6) is 0 Å². The van der Waals surface area contributed by atoms with Crippen molar-refractivity contribution >= 4 is 22.5 Å². The molecule has 0 saturated carbocycles. The molecule has 7 heteroatoms. The zero-order valence-electron chi connectivity index (χ0n) is 18.9. The highest BCUT2D eigenvalue weighted by Crippen LogP contribution is 2.37. The first kappa shape index (κ1) is 20.2. The minimum atomic E-state index is 0.279. The summed E-state index contributed by atoms with van der Waals surface area (Å²) in [6.45, 7) is 6.21. The van der Waals surface area contributed by atoms with Crippen molar-refractivity contribution in [1.82, 2.24) is 25.1 Å². The smallest absolute Gasteiger partial charge is 0.164 e. The van der Waals surface area contributed by atoms with Gasteiger partial charge in [0.15, 0.2) is 5.65 Å². The molecular formula is C26H29N7. The molecule has 3 N–H and O–H groups in total. The predicted molar refractivity (Wildman–Crippen MR) is 132 cm³/mol. The van der Waals surface area contributed by atoms with Gasteiger partial charge in [0, 0.05) is 36.8 Å². The number of fused-ring (bicyclic) bond motifs is 2. The Kier molecular flexibility index (Phi) is 4.99. The monoisotopic (exact) mass is 439 g/mol. The number of piperidine rings is 1. The van der Waals surface area contributed by atoms with Crippen LogP contribution in [0.1, 0.15) is 42.9 Å². The van der Waals surface area contributed by atoms with Gasteiger partial charge < -0.3 is 16.0 Å². The van der Waals surface area contributed by atoms with Crippen LogP contribution in [0.25, 0.3) is 22.3 Å². The maximum atomic E-state index is 6.31. The van der Waals surface area contributed by atoms with Crippen LogP contribution in [0.2, 0.25) is 0 Å². The average molecular weight is 440 g/mol. The molecule has 1 fully saturated rings. The maximum Gasteiger partial charge on any atom is 0.164 e. The Morgan fingerprint density at radius 1 is 1.09 bits per heavy atom. The molecule has 6 rings (SSSR count). The number of nitrogens with one attached hydrogen (secondary N) is 1. The quantitative estimate of drug-likeness (QED) is 0.498. The lowest BCUT2D eigenvalue weighted by Gasteiger charge is -2.23. The normalized spacial score (nSPS) is 20.3. The standard InChI is InChI=1S/C26H29N7/c1-17-14-32(22-7-3-2-6-21(17)22)15-18-8-10-19(11-9-18)24-23-25(27)29-16-30-26(23)33(31-24)20-5-4-12-28-13-20/h2-3,6-11,16-17,20,28H,4-5,12-15H2,1H3,(H2,27,29,30)/t17?,20-/m1/s1. The Bertz CT molecular complexity index is 1290. The van der Waals surface area contributed by atoms with Gasteiger partial charge in [0.2, 0.25) is 0 Å². The van der Waals surface area contributed by atoms with E-state index in [1.165, 1.54) is 23.1 Å². The van der Waals surface area contributed by atoms with Gasteiger partial charge in [-0.15, -0.1) is 0 Å². The molecule has 2 aliphatic rings. The summed E-state index contributed by atoms with van der Waals surface area (Å²) in [5, 5.41) is 9.32. The minimum Gasteiger partial charge on any atom is -0.383 e. The summed E-state index contributed by atoms with van der Waals surface area (Å²) >= 11 is 0. The molecule has 33 heavy (non-hydrogen) atoms. The van der Waals surface area contributed by atoms with Gasteiger partial charge in [0.1, 0.15) is 17.8 Å². The number of para-hydroxylation sites is 1. The van der Waals surface area contributed by atoms with Crippen molar-refractivity contribution in [3.63, 3.8) is 0 Å².